The fourth-order valence-corrected chi connectivity index (χ4v) is 1.35. The van der Waals surface area contributed by atoms with Crippen LogP contribution in [-0.2, 0) is 6.42 Å². The SMILES string of the molecule is O=C(O)c1ccc(NCCc2ncon2)cc1. The normalized spacial score (nSPS) is 10.1. The summed E-state index contributed by atoms with van der Waals surface area (Å²) in [6.45, 7) is 0.659. The number of anilines is 1. The maximum atomic E-state index is 10.6. The lowest BCUT2D eigenvalue weighted by Gasteiger charge is -2.04. The molecule has 0 unspecified atom stereocenters. The van der Waals surface area contributed by atoms with Gasteiger partial charge < -0.3 is 14.9 Å². The summed E-state index contributed by atoms with van der Waals surface area (Å²) in [6, 6.07) is 6.55. The van der Waals surface area contributed by atoms with Crippen LogP contribution in [0.3, 0.4) is 0 Å². The predicted octanol–water partition coefficient (Wildman–Crippen LogP) is 1.42. The number of hydrogen-bond donors (Lipinski definition) is 2. The zero-order valence-electron chi connectivity index (χ0n) is 8.96. The van der Waals surface area contributed by atoms with Crippen LogP contribution in [0.5, 0.6) is 0 Å². The molecule has 1 heterocycles. The molecule has 0 saturated carbocycles. The van der Waals surface area contributed by atoms with Crippen LogP contribution in [0, 0.1) is 0 Å². The molecule has 88 valence electrons. The van der Waals surface area contributed by atoms with Gasteiger partial charge >= 0.3 is 5.97 Å². The average Bonchev–Trinajstić information content (AvgIpc) is 2.83. The fraction of sp³-hybridized carbons (Fsp3) is 0.182. The van der Waals surface area contributed by atoms with Crippen LogP contribution in [0.25, 0.3) is 0 Å². The molecule has 0 saturated heterocycles. The number of benzene rings is 1. The average molecular weight is 233 g/mol. The highest BCUT2D eigenvalue weighted by Gasteiger charge is 2.02. The number of aromatic carboxylic acids is 1. The highest BCUT2D eigenvalue weighted by Crippen LogP contribution is 2.09. The molecule has 1 aromatic heterocycles. The van der Waals surface area contributed by atoms with Crippen molar-refractivity contribution in [1.29, 1.82) is 0 Å². The van der Waals surface area contributed by atoms with Gasteiger partial charge in [0.15, 0.2) is 5.82 Å². The number of rotatable bonds is 5. The van der Waals surface area contributed by atoms with Crippen LogP contribution in [0.15, 0.2) is 35.2 Å². The molecule has 2 N–H and O–H groups in total. The second-order valence-corrected chi connectivity index (χ2v) is 3.41. The highest BCUT2D eigenvalue weighted by molar-refractivity contribution is 5.87. The van der Waals surface area contributed by atoms with Crippen molar-refractivity contribution >= 4 is 11.7 Å². The van der Waals surface area contributed by atoms with E-state index in [9.17, 15) is 4.79 Å². The lowest BCUT2D eigenvalue weighted by atomic mass is 10.2. The van der Waals surface area contributed by atoms with Gasteiger partial charge in [0.25, 0.3) is 0 Å². The molecule has 6 nitrogen and oxygen atoms in total. The topological polar surface area (TPSA) is 88.2 Å². The number of nitrogens with zero attached hydrogens (tertiary/aromatic N) is 2. The number of nitrogens with one attached hydrogen (secondary N) is 1. The fourth-order valence-electron chi connectivity index (χ4n) is 1.35. The lowest BCUT2D eigenvalue weighted by Crippen LogP contribution is -2.06. The van der Waals surface area contributed by atoms with E-state index >= 15 is 0 Å². The Morgan fingerprint density at radius 3 is 2.71 bits per heavy atom. The molecule has 0 atom stereocenters. The van der Waals surface area contributed by atoms with Crippen LogP contribution < -0.4 is 5.32 Å². The Labute approximate surface area is 97.3 Å². The smallest absolute Gasteiger partial charge is 0.335 e. The quantitative estimate of drug-likeness (QED) is 0.812. The first kappa shape index (κ1) is 11.1. The molecule has 0 bridgehead atoms. The summed E-state index contributed by atoms with van der Waals surface area (Å²) in [6.07, 6.45) is 1.94. The predicted molar refractivity (Wildman–Crippen MR) is 59.9 cm³/mol. The molecule has 2 aromatic rings. The third kappa shape index (κ3) is 3.04. The number of carboxylic acids is 1. The third-order valence-corrected chi connectivity index (χ3v) is 2.22. The van der Waals surface area contributed by atoms with E-state index in [0.717, 1.165) is 5.69 Å². The Balaban J connectivity index is 1.85. The van der Waals surface area contributed by atoms with Crippen LogP contribution >= 0.6 is 0 Å². The van der Waals surface area contributed by atoms with E-state index in [0.29, 0.717) is 18.8 Å². The highest BCUT2D eigenvalue weighted by atomic mass is 16.5. The number of hydrogen-bond acceptors (Lipinski definition) is 5. The van der Waals surface area contributed by atoms with Gasteiger partial charge in [0, 0.05) is 18.7 Å². The molecule has 0 fully saturated rings. The van der Waals surface area contributed by atoms with Crippen LogP contribution in [0.4, 0.5) is 5.69 Å². The van der Waals surface area contributed by atoms with Gasteiger partial charge in [0.05, 0.1) is 5.56 Å². The van der Waals surface area contributed by atoms with Crippen molar-refractivity contribution in [3.05, 3.63) is 42.0 Å². The molecular formula is C11H11N3O3. The van der Waals surface area contributed by atoms with E-state index in [1.54, 1.807) is 24.3 Å². The minimum Gasteiger partial charge on any atom is -0.478 e. The molecule has 0 amide bonds. The van der Waals surface area contributed by atoms with Gasteiger partial charge in [-0.25, -0.2) is 4.79 Å². The molecule has 2 rings (SSSR count). The molecule has 17 heavy (non-hydrogen) atoms. The summed E-state index contributed by atoms with van der Waals surface area (Å²) in [7, 11) is 0. The Morgan fingerprint density at radius 1 is 1.35 bits per heavy atom. The summed E-state index contributed by atoms with van der Waals surface area (Å²) in [5.74, 6) is -0.289. The van der Waals surface area contributed by atoms with Crippen molar-refractivity contribution in [3.63, 3.8) is 0 Å². The Morgan fingerprint density at radius 2 is 2.12 bits per heavy atom. The summed E-state index contributed by atoms with van der Waals surface area (Å²) in [4.78, 5) is 14.5. The molecule has 0 spiro atoms. The van der Waals surface area contributed by atoms with Crippen molar-refractivity contribution in [3.8, 4) is 0 Å². The van der Waals surface area contributed by atoms with Gasteiger partial charge in [-0.3, -0.25) is 0 Å². The first-order valence-electron chi connectivity index (χ1n) is 5.08. The van der Waals surface area contributed by atoms with E-state index in [1.807, 2.05) is 0 Å². The van der Waals surface area contributed by atoms with Crippen LogP contribution in [0.2, 0.25) is 0 Å². The van der Waals surface area contributed by atoms with Crippen LogP contribution in [-0.4, -0.2) is 27.8 Å². The Kier molecular flexibility index (Phi) is 3.34. The Hall–Kier alpha value is -2.37. The molecule has 0 aliphatic carbocycles. The second kappa shape index (κ2) is 5.11. The standard InChI is InChI=1S/C11H11N3O3/c15-11(16)8-1-3-9(4-2-8)12-6-5-10-13-7-17-14-10/h1-4,7,12H,5-6H2,(H,15,16). The molecule has 0 radical (unpaired) electrons. The second-order valence-electron chi connectivity index (χ2n) is 3.41. The van der Waals surface area contributed by atoms with Gasteiger partial charge in [0.2, 0.25) is 6.39 Å². The van der Waals surface area contributed by atoms with Crippen molar-refractivity contribution in [1.82, 2.24) is 10.1 Å². The first-order chi connectivity index (χ1) is 8.25. The number of aromatic nitrogens is 2. The van der Waals surface area contributed by atoms with Crippen molar-refractivity contribution in [2.45, 2.75) is 6.42 Å². The van der Waals surface area contributed by atoms with Crippen molar-refractivity contribution in [2.24, 2.45) is 0 Å². The zero-order chi connectivity index (χ0) is 12.1. The largest absolute Gasteiger partial charge is 0.478 e. The number of carbonyl (C=O) groups is 1. The molecule has 0 aliphatic rings. The van der Waals surface area contributed by atoms with E-state index < -0.39 is 5.97 Å². The molecule has 0 aliphatic heterocycles. The van der Waals surface area contributed by atoms with Crippen molar-refractivity contribution < 1.29 is 14.4 Å². The summed E-state index contributed by atoms with van der Waals surface area (Å²) < 4.78 is 4.61. The minimum absolute atomic E-state index is 0.272. The van der Waals surface area contributed by atoms with E-state index in [1.165, 1.54) is 6.39 Å². The maximum absolute atomic E-state index is 10.6. The van der Waals surface area contributed by atoms with Gasteiger partial charge in [-0.05, 0) is 24.3 Å². The van der Waals surface area contributed by atoms with E-state index in [2.05, 4.69) is 20.0 Å². The summed E-state index contributed by atoms with van der Waals surface area (Å²) in [5, 5.41) is 15.5. The first-order valence-corrected chi connectivity index (χ1v) is 5.08. The monoisotopic (exact) mass is 233 g/mol. The van der Waals surface area contributed by atoms with E-state index in [4.69, 9.17) is 5.11 Å². The van der Waals surface area contributed by atoms with Gasteiger partial charge in [0.1, 0.15) is 0 Å². The summed E-state index contributed by atoms with van der Waals surface area (Å²) in [5.41, 5.74) is 1.13. The van der Waals surface area contributed by atoms with Gasteiger partial charge in [-0.15, -0.1) is 0 Å². The maximum Gasteiger partial charge on any atom is 0.335 e. The third-order valence-electron chi connectivity index (χ3n) is 2.22. The van der Waals surface area contributed by atoms with Crippen molar-refractivity contribution in [2.75, 3.05) is 11.9 Å². The van der Waals surface area contributed by atoms with Gasteiger partial charge in [-0.1, -0.05) is 5.16 Å². The van der Waals surface area contributed by atoms with Crippen LogP contribution in [0.1, 0.15) is 16.2 Å². The zero-order valence-corrected chi connectivity index (χ0v) is 8.96. The minimum atomic E-state index is -0.927. The summed E-state index contributed by atoms with van der Waals surface area (Å²) >= 11 is 0. The van der Waals surface area contributed by atoms with Gasteiger partial charge in [-0.2, -0.15) is 4.98 Å². The molecular weight excluding hydrogens is 222 g/mol. The van der Waals surface area contributed by atoms with E-state index in [-0.39, 0.29) is 5.56 Å². The Bertz CT molecular complexity index is 479. The lowest BCUT2D eigenvalue weighted by molar-refractivity contribution is 0.0697. The molecule has 6 heteroatoms. The molecule has 1 aromatic carbocycles. The number of carboxylic acid groups (broad SMARTS) is 1.